The molecule has 2 aromatic carbocycles. The van der Waals surface area contributed by atoms with Crippen LogP contribution in [0.25, 0.3) is 0 Å². The van der Waals surface area contributed by atoms with Gasteiger partial charge in [0.15, 0.2) is 0 Å². The molecule has 1 N–H and O–H groups in total. The number of likely N-dealkylation sites (N-methyl/N-ethyl adjacent to an activating group) is 1. The van der Waals surface area contributed by atoms with Gasteiger partial charge >= 0.3 is 0 Å². The summed E-state index contributed by atoms with van der Waals surface area (Å²) in [6.45, 7) is 6.14. The number of nitrogens with zero attached hydrogens (tertiary/aromatic N) is 2. The van der Waals surface area contributed by atoms with E-state index in [1.807, 2.05) is 24.3 Å². The molecule has 6 heteroatoms. The van der Waals surface area contributed by atoms with Crippen LogP contribution in [-0.4, -0.2) is 51.1 Å². The van der Waals surface area contributed by atoms with Gasteiger partial charge in [0.1, 0.15) is 5.75 Å². The van der Waals surface area contributed by atoms with Crippen molar-refractivity contribution >= 4 is 28.9 Å². The summed E-state index contributed by atoms with van der Waals surface area (Å²) in [7, 11) is 3.73. The van der Waals surface area contributed by atoms with Crippen molar-refractivity contribution in [2.45, 2.75) is 13.3 Å². The SMILES string of the molecule is COc1ccc(CC(=O)Nc2cc(C)cc(N3CCN(C)CC3)c2)c(Cl)c1. The third kappa shape index (κ3) is 5.15. The third-order valence-corrected chi connectivity index (χ3v) is 5.18. The standard InChI is InChI=1S/C21H26ClN3O2/c1-15-10-17(13-18(11-15)25-8-6-24(2)7-9-25)23-21(26)12-16-4-5-19(27-3)14-20(16)22/h4-5,10-11,13-14H,6-9,12H2,1-3H3,(H,23,26). The first-order valence-corrected chi connectivity index (χ1v) is 9.50. The summed E-state index contributed by atoms with van der Waals surface area (Å²) in [6, 6.07) is 11.6. The molecule has 0 spiro atoms. The van der Waals surface area contributed by atoms with Crippen LogP contribution in [0.4, 0.5) is 11.4 Å². The van der Waals surface area contributed by atoms with Gasteiger partial charge in [0.2, 0.25) is 5.91 Å². The van der Waals surface area contributed by atoms with Crippen molar-refractivity contribution in [2.75, 3.05) is 50.6 Å². The second kappa shape index (κ2) is 8.63. The van der Waals surface area contributed by atoms with Gasteiger partial charge < -0.3 is 19.9 Å². The lowest BCUT2D eigenvalue weighted by molar-refractivity contribution is -0.115. The molecule has 1 aliphatic heterocycles. The Morgan fingerprint density at radius 1 is 1.15 bits per heavy atom. The maximum atomic E-state index is 12.5. The van der Waals surface area contributed by atoms with Crippen molar-refractivity contribution in [1.82, 2.24) is 4.90 Å². The van der Waals surface area contributed by atoms with Crippen LogP contribution in [0.1, 0.15) is 11.1 Å². The number of benzene rings is 2. The number of aryl methyl sites for hydroxylation is 1. The summed E-state index contributed by atoms with van der Waals surface area (Å²) in [5.74, 6) is 0.594. The molecule has 5 nitrogen and oxygen atoms in total. The first-order chi connectivity index (χ1) is 12.9. The largest absolute Gasteiger partial charge is 0.497 e. The molecular weight excluding hydrogens is 362 g/mol. The molecular formula is C21H26ClN3O2. The van der Waals surface area contributed by atoms with E-state index in [0.29, 0.717) is 10.8 Å². The van der Waals surface area contributed by atoms with E-state index < -0.39 is 0 Å². The van der Waals surface area contributed by atoms with Crippen molar-refractivity contribution in [3.63, 3.8) is 0 Å². The summed E-state index contributed by atoms with van der Waals surface area (Å²) in [5, 5.41) is 3.54. The summed E-state index contributed by atoms with van der Waals surface area (Å²) in [5.41, 5.74) is 3.88. The summed E-state index contributed by atoms with van der Waals surface area (Å²) in [6.07, 6.45) is 0.223. The smallest absolute Gasteiger partial charge is 0.228 e. The van der Waals surface area contributed by atoms with Crippen LogP contribution in [0.15, 0.2) is 36.4 Å². The summed E-state index contributed by atoms with van der Waals surface area (Å²) in [4.78, 5) is 17.2. The fourth-order valence-electron chi connectivity index (χ4n) is 3.26. The van der Waals surface area contributed by atoms with Crippen LogP contribution in [0.2, 0.25) is 5.02 Å². The molecule has 144 valence electrons. The highest BCUT2D eigenvalue weighted by Crippen LogP contribution is 2.25. The lowest BCUT2D eigenvalue weighted by Crippen LogP contribution is -2.44. The number of halogens is 1. The predicted octanol–water partition coefficient (Wildman–Crippen LogP) is 3.59. The molecule has 0 unspecified atom stereocenters. The number of hydrogen-bond donors (Lipinski definition) is 1. The number of nitrogens with one attached hydrogen (secondary N) is 1. The fraction of sp³-hybridized carbons (Fsp3) is 0.381. The van der Waals surface area contributed by atoms with Gasteiger partial charge in [-0.05, 0) is 55.4 Å². The van der Waals surface area contributed by atoms with E-state index in [4.69, 9.17) is 16.3 Å². The Morgan fingerprint density at radius 2 is 1.89 bits per heavy atom. The van der Waals surface area contributed by atoms with Crippen LogP contribution >= 0.6 is 11.6 Å². The Balaban J connectivity index is 1.69. The molecule has 0 bridgehead atoms. The fourth-order valence-corrected chi connectivity index (χ4v) is 3.50. The number of rotatable bonds is 5. The van der Waals surface area contributed by atoms with Gasteiger partial charge in [-0.3, -0.25) is 4.79 Å². The first kappa shape index (κ1) is 19.5. The van der Waals surface area contributed by atoms with Crippen molar-refractivity contribution in [3.8, 4) is 5.75 Å². The van der Waals surface area contributed by atoms with Crippen LogP contribution in [0, 0.1) is 6.92 Å². The van der Waals surface area contributed by atoms with E-state index >= 15 is 0 Å². The zero-order chi connectivity index (χ0) is 19.4. The van der Waals surface area contributed by atoms with Crippen molar-refractivity contribution < 1.29 is 9.53 Å². The molecule has 2 aromatic rings. The normalized spacial score (nSPS) is 14.9. The molecule has 0 saturated carbocycles. The molecule has 0 atom stereocenters. The van der Waals surface area contributed by atoms with Crippen molar-refractivity contribution in [3.05, 3.63) is 52.5 Å². The quantitative estimate of drug-likeness (QED) is 0.851. The van der Waals surface area contributed by atoms with Crippen LogP contribution in [0.3, 0.4) is 0 Å². The number of piperazine rings is 1. The topological polar surface area (TPSA) is 44.8 Å². The van der Waals surface area contributed by atoms with Gasteiger partial charge in [-0.15, -0.1) is 0 Å². The highest BCUT2D eigenvalue weighted by atomic mass is 35.5. The van der Waals surface area contributed by atoms with E-state index in [2.05, 4.69) is 35.2 Å². The van der Waals surface area contributed by atoms with E-state index in [1.54, 1.807) is 13.2 Å². The maximum Gasteiger partial charge on any atom is 0.228 e. The Kier molecular flexibility index (Phi) is 6.24. The minimum absolute atomic E-state index is 0.0861. The number of anilines is 2. The minimum atomic E-state index is -0.0861. The van der Waals surface area contributed by atoms with Gasteiger partial charge in [0, 0.05) is 42.6 Å². The number of ether oxygens (including phenoxy) is 1. The molecule has 1 amide bonds. The zero-order valence-corrected chi connectivity index (χ0v) is 16.8. The van der Waals surface area contributed by atoms with Gasteiger partial charge in [-0.1, -0.05) is 17.7 Å². The highest BCUT2D eigenvalue weighted by molar-refractivity contribution is 6.31. The molecule has 27 heavy (non-hydrogen) atoms. The molecule has 1 aliphatic rings. The van der Waals surface area contributed by atoms with Crippen molar-refractivity contribution in [1.29, 1.82) is 0 Å². The van der Waals surface area contributed by atoms with Crippen LogP contribution in [0.5, 0.6) is 5.75 Å². The van der Waals surface area contributed by atoms with E-state index in [1.165, 1.54) is 0 Å². The van der Waals surface area contributed by atoms with Gasteiger partial charge in [-0.2, -0.15) is 0 Å². The average Bonchev–Trinajstić information content (AvgIpc) is 2.63. The lowest BCUT2D eigenvalue weighted by atomic mass is 10.1. The monoisotopic (exact) mass is 387 g/mol. The van der Waals surface area contributed by atoms with E-state index in [-0.39, 0.29) is 12.3 Å². The van der Waals surface area contributed by atoms with Crippen molar-refractivity contribution in [2.24, 2.45) is 0 Å². The molecule has 1 fully saturated rings. The Labute approximate surface area is 165 Å². The van der Waals surface area contributed by atoms with Gasteiger partial charge in [-0.25, -0.2) is 0 Å². The Bertz CT molecular complexity index is 817. The second-order valence-corrected chi connectivity index (χ2v) is 7.44. The molecule has 3 rings (SSSR count). The van der Waals surface area contributed by atoms with Crippen LogP contribution < -0.4 is 15.0 Å². The summed E-state index contributed by atoms with van der Waals surface area (Å²) >= 11 is 6.25. The Hall–Kier alpha value is -2.24. The highest BCUT2D eigenvalue weighted by Gasteiger charge is 2.16. The van der Waals surface area contributed by atoms with Gasteiger partial charge in [0.05, 0.1) is 13.5 Å². The summed E-state index contributed by atoms with van der Waals surface area (Å²) < 4.78 is 5.15. The number of methoxy groups -OCH3 is 1. The lowest BCUT2D eigenvalue weighted by Gasteiger charge is -2.34. The zero-order valence-electron chi connectivity index (χ0n) is 16.1. The first-order valence-electron chi connectivity index (χ1n) is 9.12. The molecule has 1 saturated heterocycles. The molecule has 0 radical (unpaired) electrons. The number of carbonyl (C=O) groups excluding carboxylic acids is 1. The molecule has 1 heterocycles. The van der Waals surface area contributed by atoms with Gasteiger partial charge in [0.25, 0.3) is 0 Å². The number of carbonyl (C=O) groups is 1. The number of hydrogen-bond acceptors (Lipinski definition) is 4. The predicted molar refractivity (Wildman–Crippen MR) is 111 cm³/mol. The third-order valence-electron chi connectivity index (χ3n) is 4.83. The Morgan fingerprint density at radius 3 is 2.56 bits per heavy atom. The van der Waals surface area contributed by atoms with E-state index in [0.717, 1.165) is 48.7 Å². The average molecular weight is 388 g/mol. The second-order valence-electron chi connectivity index (χ2n) is 7.03. The maximum absolute atomic E-state index is 12.5. The number of amides is 1. The molecule has 0 aliphatic carbocycles. The minimum Gasteiger partial charge on any atom is -0.497 e. The van der Waals surface area contributed by atoms with Crippen LogP contribution in [-0.2, 0) is 11.2 Å². The molecule has 0 aromatic heterocycles. The van der Waals surface area contributed by atoms with E-state index in [9.17, 15) is 4.79 Å².